The molecule has 0 aliphatic heterocycles. The average Bonchev–Trinajstić information content (AvgIpc) is 2.46. The molecule has 2 rings (SSSR count). The maximum atomic E-state index is 12.1. The van der Waals surface area contributed by atoms with Gasteiger partial charge in [-0.05, 0) is 12.1 Å². The predicted octanol–water partition coefficient (Wildman–Crippen LogP) is 3.86. The maximum absolute atomic E-state index is 12.1. The minimum Gasteiger partial charge on any atom is -0.496 e. The molecule has 18 heavy (non-hydrogen) atoms. The van der Waals surface area contributed by atoms with Gasteiger partial charge < -0.3 is 4.74 Å². The zero-order valence-corrected chi connectivity index (χ0v) is 12.9. The van der Waals surface area contributed by atoms with E-state index in [2.05, 4.69) is 22.6 Å². The van der Waals surface area contributed by atoms with Crippen LogP contribution in [0.15, 0.2) is 53.4 Å². The largest absolute Gasteiger partial charge is 0.496 e. The lowest BCUT2D eigenvalue weighted by Gasteiger charge is -2.11. The molecule has 0 saturated carbocycles. The molecule has 94 valence electrons. The Morgan fingerprint density at radius 1 is 1.06 bits per heavy atom. The molecule has 0 saturated heterocycles. The summed E-state index contributed by atoms with van der Waals surface area (Å²) in [5, 5.41) is 0. The minimum atomic E-state index is -0.982. The van der Waals surface area contributed by atoms with E-state index in [1.54, 1.807) is 7.11 Å². The fourth-order valence-electron chi connectivity index (χ4n) is 1.81. The molecule has 0 spiro atoms. The molecular weight excluding hydrogens is 359 g/mol. The number of hydrogen-bond acceptors (Lipinski definition) is 2. The van der Waals surface area contributed by atoms with Gasteiger partial charge in [-0.2, -0.15) is 0 Å². The van der Waals surface area contributed by atoms with E-state index in [4.69, 9.17) is 4.74 Å². The molecule has 0 fully saturated rings. The number of rotatable bonds is 4. The monoisotopic (exact) mass is 372 g/mol. The molecule has 0 aromatic heterocycles. The fraction of sp³-hybridized carbons (Fsp3) is 0.143. The van der Waals surface area contributed by atoms with Crippen LogP contribution in [-0.4, -0.2) is 15.1 Å². The first-order valence-corrected chi connectivity index (χ1v) is 8.29. The lowest BCUT2D eigenvalue weighted by molar-refractivity contribution is 0.416. The molecule has 0 amide bonds. The van der Waals surface area contributed by atoms with Gasteiger partial charge in [0.2, 0.25) is 0 Å². The summed E-state index contributed by atoms with van der Waals surface area (Å²) < 4.78 is 18.0. The van der Waals surface area contributed by atoms with Crippen molar-refractivity contribution in [2.75, 3.05) is 10.9 Å². The highest BCUT2D eigenvalue weighted by molar-refractivity contribution is 14.1. The van der Waals surface area contributed by atoms with E-state index in [1.807, 2.05) is 48.5 Å². The zero-order valence-electron chi connectivity index (χ0n) is 9.93. The van der Waals surface area contributed by atoms with Gasteiger partial charge in [0.15, 0.2) is 0 Å². The number of benzene rings is 2. The highest BCUT2D eigenvalue weighted by Gasteiger charge is 2.12. The Labute approximate surface area is 123 Å². The lowest BCUT2D eigenvalue weighted by Crippen LogP contribution is -1.96. The minimum absolute atomic E-state index is 0.587. The smallest absolute Gasteiger partial charge is 0.126 e. The topological polar surface area (TPSA) is 26.3 Å². The molecule has 4 heteroatoms. The van der Waals surface area contributed by atoms with E-state index in [9.17, 15) is 4.21 Å². The molecule has 0 bridgehead atoms. The molecule has 2 nitrogen and oxygen atoms in total. The molecule has 0 heterocycles. The van der Waals surface area contributed by atoms with Gasteiger partial charge in [0.25, 0.3) is 0 Å². The van der Waals surface area contributed by atoms with Crippen molar-refractivity contribution in [2.24, 2.45) is 0 Å². The summed E-state index contributed by atoms with van der Waals surface area (Å²) in [5.41, 5.74) is 1.96. The van der Waals surface area contributed by atoms with Crippen molar-refractivity contribution in [3.05, 3.63) is 48.5 Å². The van der Waals surface area contributed by atoms with Crippen molar-refractivity contribution in [3.63, 3.8) is 0 Å². The van der Waals surface area contributed by atoms with E-state index < -0.39 is 10.8 Å². The van der Waals surface area contributed by atoms with Gasteiger partial charge in [-0.15, -0.1) is 0 Å². The molecular formula is C14H13IO2S. The van der Waals surface area contributed by atoms with Gasteiger partial charge in [0.05, 0.1) is 21.7 Å². The third kappa shape index (κ3) is 2.75. The Balaban J connectivity index is 2.60. The van der Waals surface area contributed by atoms with E-state index in [0.29, 0.717) is 3.76 Å². The van der Waals surface area contributed by atoms with E-state index in [1.165, 1.54) is 0 Å². The molecule has 2 aromatic rings. The second kappa shape index (κ2) is 6.33. The van der Waals surface area contributed by atoms with Crippen LogP contribution in [-0.2, 0) is 10.8 Å². The third-order valence-corrected chi connectivity index (χ3v) is 5.37. The number of ether oxygens (including phenoxy) is 1. The van der Waals surface area contributed by atoms with Gasteiger partial charge in [-0.25, -0.2) is 0 Å². The molecule has 1 atom stereocenters. The van der Waals surface area contributed by atoms with Crippen LogP contribution in [0.4, 0.5) is 0 Å². The first-order valence-electron chi connectivity index (χ1n) is 5.44. The number of para-hydroxylation sites is 1. The van der Waals surface area contributed by atoms with Crippen LogP contribution >= 0.6 is 22.6 Å². The number of alkyl halides is 1. The van der Waals surface area contributed by atoms with Crippen molar-refractivity contribution >= 4 is 33.4 Å². The summed E-state index contributed by atoms with van der Waals surface area (Å²) in [6.45, 7) is 0. The molecule has 2 aromatic carbocycles. The van der Waals surface area contributed by atoms with Crippen molar-refractivity contribution < 1.29 is 8.95 Å². The van der Waals surface area contributed by atoms with Crippen LogP contribution < -0.4 is 4.74 Å². The Morgan fingerprint density at radius 2 is 1.67 bits per heavy atom. The Bertz CT molecular complexity index is 569. The van der Waals surface area contributed by atoms with Crippen LogP contribution in [0.3, 0.4) is 0 Å². The normalized spacial score (nSPS) is 12.1. The van der Waals surface area contributed by atoms with E-state index in [0.717, 1.165) is 21.8 Å². The quantitative estimate of drug-likeness (QED) is 0.602. The highest BCUT2D eigenvalue weighted by atomic mass is 127. The SMILES string of the molecule is COc1ccccc1-c1ccccc1S(=O)CI. The van der Waals surface area contributed by atoms with E-state index >= 15 is 0 Å². The molecule has 0 radical (unpaired) electrons. The van der Waals surface area contributed by atoms with Gasteiger partial charge >= 0.3 is 0 Å². The number of hydrogen-bond donors (Lipinski definition) is 0. The summed E-state index contributed by atoms with van der Waals surface area (Å²) in [7, 11) is 0.668. The predicted molar refractivity (Wildman–Crippen MR) is 83.7 cm³/mol. The second-order valence-corrected chi connectivity index (χ2v) is 6.87. The first-order chi connectivity index (χ1) is 8.77. The standard InChI is InChI=1S/C14H13IO2S/c1-17-13-8-4-2-6-11(13)12-7-3-5-9-14(12)18(16)10-15/h2-9H,10H2,1H3. The van der Waals surface area contributed by atoms with Gasteiger partial charge in [0, 0.05) is 16.0 Å². The summed E-state index contributed by atoms with van der Waals surface area (Å²) in [6.07, 6.45) is 0. The summed E-state index contributed by atoms with van der Waals surface area (Å²) in [4.78, 5) is 0.858. The van der Waals surface area contributed by atoms with Crippen molar-refractivity contribution in [1.29, 1.82) is 0 Å². The van der Waals surface area contributed by atoms with Crippen LogP contribution in [0.5, 0.6) is 5.75 Å². The number of halogens is 1. The van der Waals surface area contributed by atoms with Crippen molar-refractivity contribution in [2.45, 2.75) is 4.90 Å². The number of methoxy groups -OCH3 is 1. The second-order valence-electron chi connectivity index (χ2n) is 3.65. The van der Waals surface area contributed by atoms with Crippen molar-refractivity contribution in [3.8, 4) is 16.9 Å². The summed E-state index contributed by atoms with van der Waals surface area (Å²) >= 11 is 2.14. The van der Waals surface area contributed by atoms with Crippen LogP contribution in [0.1, 0.15) is 0 Å². The molecule has 0 aliphatic rings. The Hall–Kier alpha value is -0.880. The van der Waals surface area contributed by atoms with E-state index in [-0.39, 0.29) is 0 Å². The molecule has 0 N–H and O–H groups in total. The summed E-state index contributed by atoms with van der Waals surface area (Å²) in [6, 6.07) is 15.6. The maximum Gasteiger partial charge on any atom is 0.126 e. The molecule has 0 aliphatic carbocycles. The van der Waals surface area contributed by atoms with Crippen LogP contribution in [0.25, 0.3) is 11.1 Å². The third-order valence-electron chi connectivity index (χ3n) is 2.63. The Morgan fingerprint density at radius 3 is 2.33 bits per heavy atom. The fourth-order valence-corrected chi connectivity index (χ4v) is 3.59. The zero-order chi connectivity index (χ0) is 13.0. The van der Waals surface area contributed by atoms with Gasteiger partial charge in [-0.3, -0.25) is 4.21 Å². The van der Waals surface area contributed by atoms with Gasteiger partial charge in [-0.1, -0.05) is 59.0 Å². The molecule has 1 unspecified atom stereocenters. The Kier molecular flexibility index (Phi) is 4.77. The first kappa shape index (κ1) is 13.5. The van der Waals surface area contributed by atoms with Crippen LogP contribution in [0.2, 0.25) is 0 Å². The van der Waals surface area contributed by atoms with Gasteiger partial charge in [0.1, 0.15) is 5.75 Å². The lowest BCUT2D eigenvalue weighted by atomic mass is 10.0. The van der Waals surface area contributed by atoms with Crippen molar-refractivity contribution in [1.82, 2.24) is 0 Å². The average molecular weight is 372 g/mol. The summed E-state index contributed by atoms with van der Waals surface area (Å²) in [5.74, 6) is 0.801. The van der Waals surface area contributed by atoms with Crippen LogP contribution in [0, 0.1) is 0 Å². The highest BCUT2D eigenvalue weighted by Crippen LogP contribution is 2.33.